The lowest BCUT2D eigenvalue weighted by atomic mass is 10.1. The molecule has 0 aliphatic rings. The number of anilines is 1. The van der Waals surface area contributed by atoms with Crippen LogP contribution in [0.5, 0.6) is 0 Å². The number of fused-ring (bicyclic) bond motifs is 3. The number of nitrogens with zero attached hydrogens (tertiary/aromatic N) is 1. The summed E-state index contributed by atoms with van der Waals surface area (Å²) < 4.78 is 5.19. The predicted octanol–water partition coefficient (Wildman–Crippen LogP) is 3.12. The number of carbonyl (C=O) groups excluding carboxylic acids is 1. The van der Waals surface area contributed by atoms with Gasteiger partial charge < -0.3 is 14.8 Å². The molecule has 0 aliphatic heterocycles. The van der Waals surface area contributed by atoms with Crippen molar-refractivity contribution in [2.75, 3.05) is 5.32 Å². The summed E-state index contributed by atoms with van der Waals surface area (Å²) in [5.41, 5.74) is -0.166. The van der Waals surface area contributed by atoms with Gasteiger partial charge in [-0.25, -0.2) is 9.59 Å². The van der Waals surface area contributed by atoms with Gasteiger partial charge in [-0.1, -0.05) is 6.07 Å². The minimum atomic E-state index is -1.29. The predicted molar refractivity (Wildman–Crippen MR) is 96.7 cm³/mol. The maximum atomic E-state index is 12.3. The quantitative estimate of drug-likeness (QED) is 0.607. The molecule has 1 aromatic carbocycles. The Morgan fingerprint density at radius 1 is 1.27 bits per heavy atom. The molecule has 3 rings (SSSR count). The Balaban J connectivity index is 2.03. The van der Waals surface area contributed by atoms with Crippen LogP contribution in [-0.4, -0.2) is 32.7 Å². The van der Waals surface area contributed by atoms with Crippen LogP contribution < -0.4 is 10.7 Å². The standard InChI is InChI=1S/C18H17N3O5/c1-18(2,3)26-17(25)21-10-6-9-4-5-11-14(13(9)19-7-10)20-8-12(15(11)22)16(23)24/h4-8H,1-3H3,(H,20,22)(H,21,25)(H,23,24). The molecule has 26 heavy (non-hydrogen) atoms. The van der Waals surface area contributed by atoms with Crippen molar-refractivity contribution in [3.8, 4) is 0 Å². The van der Waals surface area contributed by atoms with E-state index < -0.39 is 23.1 Å². The Kier molecular flexibility index (Phi) is 4.11. The third kappa shape index (κ3) is 3.34. The van der Waals surface area contributed by atoms with E-state index in [1.807, 2.05) is 0 Å². The molecule has 0 aliphatic carbocycles. The Bertz CT molecular complexity index is 1100. The second kappa shape index (κ2) is 6.14. The fraction of sp³-hybridized carbons (Fsp3) is 0.222. The third-order valence-corrected chi connectivity index (χ3v) is 3.58. The average Bonchev–Trinajstić information content (AvgIpc) is 2.52. The highest BCUT2D eigenvalue weighted by Gasteiger charge is 2.17. The second-order valence-corrected chi connectivity index (χ2v) is 6.75. The number of pyridine rings is 2. The molecule has 0 fully saturated rings. The van der Waals surface area contributed by atoms with Gasteiger partial charge in [-0.15, -0.1) is 0 Å². The van der Waals surface area contributed by atoms with Crippen LogP contribution in [-0.2, 0) is 4.74 Å². The number of carboxylic acids is 1. The van der Waals surface area contributed by atoms with Gasteiger partial charge in [0.15, 0.2) is 0 Å². The number of nitrogens with one attached hydrogen (secondary N) is 2. The van der Waals surface area contributed by atoms with Crippen molar-refractivity contribution in [2.24, 2.45) is 0 Å². The van der Waals surface area contributed by atoms with Gasteiger partial charge in [0.2, 0.25) is 5.43 Å². The summed E-state index contributed by atoms with van der Waals surface area (Å²) in [6, 6.07) is 4.86. The lowest BCUT2D eigenvalue weighted by Gasteiger charge is -2.19. The van der Waals surface area contributed by atoms with Gasteiger partial charge in [0, 0.05) is 17.0 Å². The molecule has 2 heterocycles. The monoisotopic (exact) mass is 355 g/mol. The molecule has 8 nitrogen and oxygen atoms in total. The number of aromatic carboxylic acids is 1. The van der Waals surface area contributed by atoms with E-state index in [9.17, 15) is 14.4 Å². The number of benzene rings is 1. The number of aromatic amines is 1. The highest BCUT2D eigenvalue weighted by molar-refractivity contribution is 6.05. The Labute approximate surface area is 147 Å². The molecule has 0 atom stereocenters. The van der Waals surface area contributed by atoms with E-state index in [4.69, 9.17) is 9.84 Å². The summed E-state index contributed by atoms with van der Waals surface area (Å²) >= 11 is 0. The first kappa shape index (κ1) is 17.4. The van der Waals surface area contributed by atoms with Crippen molar-refractivity contribution in [3.63, 3.8) is 0 Å². The van der Waals surface area contributed by atoms with E-state index in [2.05, 4.69) is 15.3 Å². The number of amides is 1. The van der Waals surface area contributed by atoms with Gasteiger partial charge in [0.25, 0.3) is 0 Å². The summed E-state index contributed by atoms with van der Waals surface area (Å²) in [4.78, 5) is 42.3. The summed E-state index contributed by atoms with van der Waals surface area (Å²) in [5, 5.41) is 12.6. The number of rotatable bonds is 2. The summed E-state index contributed by atoms with van der Waals surface area (Å²) in [7, 11) is 0. The smallest absolute Gasteiger partial charge is 0.412 e. The normalized spacial score (nSPS) is 11.5. The van der Waals surface area contributed by atoms with Crippen molar-refractivity contribution in [1.29, 1.82) is 0 Å². The first-order valence-electron chi connectivity index (χ1n) is 7.83. The van der Waals surface area contributed by atoms with Crippen molar-refractivity contribution in [2.45, 2.75) is 26.4 Å². The van der Waals surface area contributed by atoms with Gasteiger partial charge in [0.1, 0.15) is 11.2 Å². The first-order chi connectivity index (χ1) is 12.2. The molecule has 0 saturated heterocycles. The van der Waals surface area contributed by atoms with Gasteiger partial charge in [-0.3, -0.25) is 15.1 Å². The van der Waals surface area contributed by atoms with Crippen LogP contribution >= 0.6 is 0 Å². The van der Waals surface area contributed by atoms with Crippen molar-refractivity contribution in [1.82, 2.24) is 9.97 Å². The van der Waals surface area contributed by atoms with Crippen LogP contribution in [0, 0.1) is 0 Å². The lowest BCUT2D eigenvalue weighted by Crippen LogP contribution is -2.27. The third-order valence-electron chi connectivity index (χ3n) is 3.58. The van der Waals surface area contributed by atoms with Crippen molar-refractivity contribution >= 4 is 39.6 Å². The summed E-state index contributed by atoms with van der Waals surface area (Å²) in [6.45, 7) is 5.29. The number of carboxylic acid groups (broad SMARTS) is 1. The molecule has 0 spiro atoms. The lowest BCUT2D eigenvalue weighted by molar-refractivity contribution is 0.0634. The highest BCUT2D eigenvalue weighted by Crippen LogP contribution is 2.23. The molecule has 3 N–H and O–H groups in total. The average molecular weight is 355 g/mol. The highest BCUT2D eigenvalue weighted by atomic mass is 16.6. The number of hydrogen-bond donors (Lipinski definition) is 3. The van der Waals surface area contributed by atoms with Crippen LogP contribution in [0.15, 0.2) is 35.4 Å². The fourth-order valence-electron chi connectivity index (χ4n) is 2.54. The molecule has 3 aromatic rings. The maximum absolute atomic E-state index is 12.3. The van der Waals surface area contributed by atoms with Crippen LogP contribution in [0.25, 0.3) is 21.8 Å². The summed E-state index contributed by atoms with van der Waals surface area (Å²) in [6.07, 6.45) is 2.00. The molecule has 0 unspecified atom stereocenters. The van der Waals surface area contributed by atoms with Gasteiger partial charge in [-0.05, 0) is 32.9 Å². The number of H-pyrrole nitrogens is 1. The zero-order valence-corrected chi connectivity index (χ0v) is 14.4. The van der Waals surface area contributed by atoms with Crippen molar-refractivity contribution < 1.29 is 19.4 Å². The Morgan fingerprint density at radius 3 is 2.65 bits per heavy atom. The van der Waals surface area contributed by atoms with Crippen LogP contribution in [0.2, 0.25) is 0 Å². The molecular weight excluding hydrogens is 338 g/mol. The molecular formula is C18H17N3O5. The topological polar surface area (TPSA) is 121 Å². The number of hydrogen-bond acceptors (Lipinski definition) is 5. The Hall–Kier alpha value is -3.42. The van der Waals surface area contributed by atoms with Gasteiger partial charge in [-0.2, -0.15) is 0 Å². The van der Waals surface area contributed by atoms with E-state index in [0.29, 0.717) is 22.1 Å². The number of ether oxygens (including phenoxy) is 1. The van der Waals surface area contributed by atoms with Crippen LogP contribution in [0.4, 0.5) is 10.5 Å². The zero-order chi connectivity index (χ0) is 19.1. The molecule has 8 heteroatoms. The molecule has 1 amide bonds. The second-order valence-electron chi connectivity index (χ2n) is 6.75. The maximum Gasteiger partial charge on any atom is 0.412 e. The van der Waals surface area contributed by atoms with E-state index >= 15 is 0 Å². The fourth-order valence-corrected chi connectivity index (χ4v) is 2.54. The van der Waals surface area contributed by atoms with Gasteiger partial charge >= 0.3 is 12.1 Å². The van der Waals surface area contributed by atoms with Gasteiger partial charge in [0.05, 0.1) is 22.9 Å². The molecule has 0 bridgehead atoms. The summed E-state index contributed by atoms with van der Waals surface area (Å²) in [5.74, 6) is -1.29. The molecule has 0 radical (unpaired) electrons. The molecule has 0 saturated carbocycles. The SMILES string of the molecule is CC(C)(C)OC(=O)Nc1cnc2c(ccc3c(=O)c(C(=O)O)c[nH]c32)c1. The largest absolute Gasteiger partial charge is 0.477 e. The molecule has 2 aromatic heterocycles. The number of carbonyl (C=O) groups is 2. The minimum absolute atomic E-state index is 0.234. The van der Waals surface area contributed by atoms with Crippen LogP contribution in [0.3, 0.4) is 0 Å². The molecule has 134 valence electrons. The van der Waals surface area contributed by atoms with E-state index in [-0.39, 0.29) is 10.9 Å². The first-order valence-corrected chi connectivity index (χ1v) is 7.83. The van der Waals surface area contributed by atoms with E-state index in [1.54, 1.807) is 32.9 Å². The van der Waals surface area contributed by atoms with Crippen molar-refractivity contribution in [3.05, 3.63) is 46.4 Å². The van der Waals surface area contributed by atoms with Crippen LogP contribution in [0.1, 0.15) is 31.1 Å². The zero-order valence-electron chi connectivity index (χ0n) is 14.4. The number of aromatic nitrogens is 2. The minimum Gasteiger partial charge on any atom is -0.477 e. The van der Waals surface area contributed by atoms with E-state index in [1.165, 1.54) is 12.3 Å². The Morgan fingerprint density at radius 2 is 2.00 bits per heavy atom. The van der Waals surface area contributed by atoms with E-state index in [0.717, 1.165) is 6.20 Å².